The monoisotopic (exact) mass is 703 g/mol. The van der Waals surface area contributed by atoms with E-state index < -0.39 is 67.0 Å². The van der Waals surface area contributed by atoms with Gasteiger partial charge in [-0.2, -0.15) is 0 Å². The van der Waals surface area contributed by atoms with Gasteiger partial charge in [0.2, 0.25) is 0 Å². The molecule has 2 aliphatic heterocycles. The predicted molar refractivity (Wildman–Crippen MR) is 184 cm³/mol. The van der Waals surface area contributed by atoms with Crippen LogP contribution in [-0.4, -0.2) is 80.7 Å². The molecule has 5 rings (SSSR count). The minimum atomic E-state index is -1.32. The fraction of sp³-hybridized carbons (Fsp3) is 0.474. The average Bonchev–Trinajstić information content (AvgIpc) is 3.14. The van der Waals surface area contributed by atoms with E-state index in [1.807, 2.05) is 97.9 Å². The average molecular weight is 704 g/mol. The number of hydrogen-bond acceptors (Lipinski definition) is 11. The summed E-state index contributed by atoms with van der Waals surface area (Å²) in [6, 6.07) is 27.7. The van der Waals surface area contributed by atoms with E-state index >= 15 is 0 Å². The lowest BCUT2D eigenvalue weighted by molar-refractivity contribution is -0.319. The standard InChI is InChI=1S/C38H45N3O10/c1-24-30(23-45-20-27-14-8-5-9-15-27)50-38(31(40-41-39)32(24)46-21-28-16-10-6-11-17-28)51-35-34(47-22-29-18-12-7-13-19-29)33(49-26(3)42)25(2)48-36(35)37(43)44-4/h5-19,24-25,30-36,38H,20-23H2,1-4H3/t24-,25+,30?,31?,32-,33?,34+,35+,36?,38-/m1/s1. The van der Waals surface area contributed by atoms with Gasteiger partial charge in [-0.3, -0.25) is 4.79 Å². The van der Waals surface area contributed by atoms with Crippen LogP contribution in [0.1, 0.15) is 37.5 Å². The quantitative estimate of drug-likeness (QED) is 0.0834. The van der Waals surface area contributed by atoms with Gasteiger partial charge in [-0.15, -0.1) is 0 Å². The molecule has 3 aromatic rings. The first-order chi connectivity index (χ1) is 24.8. The SMILES string of the molecule is COC(=O)C1O[C@@H](C)C(OC(C)=O)[C@H](OCc2ccccc2)[C@@H]1O[C@H]1OC(COCc2ccccc2)[C@@H](C)[C@@H](OCc2ccccc2)C1N=[N+]=[N-]. The number of esters is 2. The van der Waals surface area contributed by atoms with Gasteiger partial charge in [0, 0.05) is 17.8 Å². The van der Waals surface area contributed by atoms with Gasteiger partial charge >= 0.3 is 11.9 Å². The van der Waals surface area contributed by atoms with Crippen LogP contribution < -0.4 is 0 Å². The number of hydrogen-bond donors (Lipinski definition) is 0. The smallest absolute Gasteiger partial charge is 0.337 e. The molecule has 2 fully saturated rings. The number of ether oxygens (including phenoxy) is 8. The van der Waals surface area contributed by atoms with Crippen LogP contribution in [0.5, 0.6) is 0 Å². The topological polar surface area (TPSA) is 157 Å². The lowest BCUT2D eigenvalue weighted by Gasteiger charge is -2.48. The maximum atomic E-state index is 13.3. The molecule has 10 atom stereocenters. The molecule has 2 aliphatic rings. The molecule has 0 aromatic heterocycles. The number of benzene rings is 3. The Bertz CT molecular complexity index is 1580. The lowest BCUT2D eigenvalue weighted by atomic mass is 9.89. The first kappa shape index (κ1) is 37.9. The van der Waals surface area contributed by atoms with E-state index in [4.69, 9.17) is 37.9 Å². The van der Waals surface area contributed by atoms with E-state index in [1.165, 1.54) is 14.0 Å². The Morgan fingerprint density at radius 3 is 1.84 bits per heavy atom. The van der Waals surface area contributed by atoms with Crippen LogP contribution in [0.3, 0.4) is 0 Å². The van der Waals surface area contributed by atoms with Gasteiger partial charge in [0.05, 0.1) is 51.8 Å². The van der Waals surface area contributed by atoms with Gasteiger partial charge < -0.3 is 37.9 Å². The first-order valence-corrected chi connectivity index (χ1v) is 17.0. The molecular weight excluding hydrogens is 658 g/mol. The molecule has 3 aromatic carbocycles. The van der Waals surface area contributed by atoms with Crippen LogP contribution in [0.25, 0.3) is 10.4 Å². The Labute approximate surface area is 297 Å². The van der Waals surface area contributed by atoms with E-state index in [1.54, 1.807) is 6.92 Å². The number of carbonyl (C=O) groups is 2. The summed E-state index contributed by atoms with van der Waals surface area (Å²) in [6.45, 7) is 5.72. The molecule has 51 heavy (non-hydrogen) atoms. The summed E-state index contributed by atoms with van der Waals surface area (Å²) in [5, 5.41) is 4.11. The molecule has 0 spiro atoms. The fourth-order valence-corrected chi connectivity index (χ4v) is 6.35. The third-order valence-electron chi connectivity index (χ3n) is 8.97. The minimum absolute atomic E-state index is 0.102. The zero-order chi connectivity index (χ0) is 36.2. The zero-order valence-corrected chi connectivity index (χ0v) is 29.2. The maximum absolute atomic E-state index is 13.3. The molecule has 272 valence electrons. The molecule has 4 unspecified atom stereocenters. The van der Waals surface area contributed by atoms with Gasteiger partial charge in [0.15, 0.2) is 18.5 Å². The van der Waals surface area contributed by atoms with E-state index in [9.17, 15) is 15.1 Å². The molecule has 0 amide bonds. The largest absolute Gasteiger partial charge is 0.467 e. The highest BCUT2D eigenvalue weighted by Crippen LogP contribution is 2.36. The summed E-state index contributed by atoms with van der Waals surface area (Å²) in [4.78, 5) is 28.7. The molecule has 13 nitrogen and oxygen atoms in total. The normalized spacial score (nSPS) is 29.0. The predicted octanol–water partition coefficient (Wildman–Crippen LogP) is 5.69. The Morgan fingerprint density at radius 1 is 0.765 bits per heavy atom. The highest BCUT2D eigenvalue weighted by Gasteiger charge is 2.54. The molecule has 0 saturated carbocycles. The van der Waals surface area contributed by atoms with Crippen molar-refractivity contribution >= 4 is 11.9 Å². The van der Waals surface area contributed by atoms with Crippen LogP contribution in [0.2, 0.25) is 0 Å². The van der Waals surface area contributed by atoms with Crippen molar-refractivity contribution in [3.63, 3.8) is 0 Å². The molecule has 0 bridgehead atoms. The van der Waals surface area contributed by atoms with Crippen LogP contribution in [0, 0.1) is 5.92 Å². The summed E-state index contributed by atoms with van der Waals surface area (Å²) in [7, 11) is 1.24. The second-order valence-electron chi connectivity index (χ2n) is 12.6. The van der Waals surface area contributed by atoms with Gasteiger partial charge in [-0.25, -0.2) is 4.79 Å². The van der Waals surface area contributed by atoms with Crippen molar-refractivity contribution in [3.8, 4) is 0 Å². The van der Waals surface area contributed by atoms with Crippen molar-refractivity contribution in [3.05, 3.63) is 118 Å². The number of methoxy groups -OCH3 is 1. The third kappa shape index (κ3) is 10.1. The second kappa shape index (κ2) is 18.8. The lowest BCUT2D eigenvalue weighted by Crippen LogP contribution is -2.64. The highest BCUT2D eigenvalue weighted by atomic mass is 16.7. The van der Waals surface area contributed by atoms with Crippen molar-refractivity contribution in [1.29, 1.82) is 0 Å². The summed E-state index contributed by atoms with van der Waals surface area (Å²) in [5.41, 5.74) is 12.5. The molecule has 13 heteroatoms. The zero-order valence-electron chi connectivity index (χ0n) is 29.2. The van der Waals surface area contributed by atoms with Gasteiger partial charge in [0.1, 0.15) is 18.2 Å². The van der Waals surface area contributed by atoms with E-state index in [-0.39, 0.29) is 25.7 Å². The summed E-state index contributed by atoms with van der Waals surface area (Å²) >= 11 is 0. The van der Waals surface area contributed by atoms with Crippen molar-refractivity contribution in [2.75, 3.05) is 13.7 Å². The molecule has 0 aliphatic carbocycles. The Morgan fingerprint density at radius 2 is 1.31 bits per heavy atom. The van der Waals surface area contributed by atoms with Crippen molar-refractivity contribution in [2.45, 2.75) is 95.7 Å². The van der Waals surface area contributed by atoms with Crippen LogP contribution in [0.4, 0.5) is 0 Å². The third-order valence-corrected chi connectivity index (χ3v) is 8.97. The Hall–Kier alpha value is -4.33. The molecule has 2 heterocycles. The Balaban J connectivity index is 1.48. The number of azide groups is 1. The maximum Gasteiger partial charge on any atom is 0.337 e. The second-order valence-corrected chi connectivity index (χ2v) is 12.6. The number of carbonyl (C=O) groups excluding carboxylic acids is 2. The fourth-order valence-electron chi connectivity index (χ4n) is 6.35. The van der Waals surface area contributed by atoms with Gasteiger partial charge in [-0.1, -0.05) is 103 Å². The van der Waals surface area contributed by atoms with Crippen LogP contribution in [-0.2, 0) is 67.3 Å². The molecule has 2 saturated heterocycles. The van der Waals surface area contributed by atoms with Crippen LogP contribution >= 0.6 is 0 Å². The first-order valence-electron chi connectivity index (χ1n) is 17.0. The van der Waals surface area contributed by atoms with Crippen molar-refractivity contribution < 1.29 is 47.5 Å². The summed E-state index contributed by atoms with van der Waals surface area (Å²) < 4.78 is 49.1. The van der Waals surface area contributed by atoms with Crippen LogP contribution in [0.15, 0.2) is 96.1 Å². The van der Waals surface area contributed by atoms with Crippen molar-refractivity contribution in [2.24, 2.45) is 11.0 Å². The van der Waals surface area contributed by atoms with Gasteiger partial charge in [-0.05, 0) is 29.1 Å². The Kier molecular flexibility index (Phi) is 14.0. The number of rotatable bonds is 15. The number of nitrogens with zero attached hydrogens (tertiary/aromatic N) is 3. The molecule has 0 radical (unpaired) electrons. The minimum Gasteiger partial charge on any atom is -0.467 e. The van der Waals surface area contributed by atoms with E-state index in [2.05, 4.69) is 10.0 Å². The molecular formula is C38H45N3O10. The van der Waals surface area contributed by atoms with Gasteiger partial charge in [0.25, 0.3) is 0 Å². The van der Waals surface area contributed by atoms with E-state index in [0.29, 0.717) is 6.61 Å². The summed E-state index contributed by atoms with van der Waals surface area (Å²) in [5.74, 6) is -1.62. The molecule has 0 N–H and O–H groups in total. The highest BCUT2D eigenvalue weighted by molar-refractivity contribution is 5.75. The summed E-state index contributed by atoms with van der Waals surface area (Å²) in [6.07, 6.45) is -7.89. The van der Waals surface area contributed by atoms with E-state index in [0.717, 1.165) is 16.7 Å². The van der Waals surface area contributed by atoms with Crippen molar-refractivity contribution in [1.82, 2.24) is 0 Å².